The predicted octanol–water partition coefficient (Wildman–Crippen LogP) is 3.67. The molecule has 0 bridgehead atoms. The number of carbonyl (C=O) groups is 2. The molecule has 0 spiro atoms. The first-order valence-corrected chi connectivity index (χ1v) is 9.43. The Morgan fingerprint density at radius 3 is 2.34 bits per heavy atom. The van der Waals surface area contributed by atoms with Gasteiger partial charge in [-0.15, -0.1) is 0 Å². The second-order valence-electron chi connectivity index (χ2n) is 6.74. The summed E-state index contributed by atoms with van der Waals surface area (Å²) in [6.07, 6.45) is 0.113. The second kappa shape index (κ2) is 8.61. The van der Waals surface area contributed by atoms with Crippen LogP contribution in [0.2, 0.25) is 5.02 Å². The number of nitrogens with zero attached hydrogens (tertiary/aromatic N) is 1. The van der Waals surface area contributed by atoms with E-state index in [0.717, 1.165) is 5.56 Å². The van der Waals surface area contributed by atoms with E-state index in [2.05, 4.69) is 5.32 Å². The number of methoxy groups -OCH3 is 3. The predicted molar refractivity (Wildman–Crippen MR) is 111 cm³/mol. The van der Waals surface area contributed by atoms with E-state index in [1.54, 1.807) is 29.2 Å². The zero-order chi connectivity index (χ0) is 21.1. The molecule has 0 aliphatic carbocycles. The summed E-state index contributed by atoms with van der Waals surface area (Å²) >= 11 is 6.02. The van der Waals surface area contributed by atoms with Crippen LogP contribution in [0.25, 0.3) is 0 Å². The first-order valence-electron chi connectivity index (χ1n) is 9.05. The molecule has 3 rings (SSSR count). The van der Waals surface area contributed by atoms with E-state index in [-0.39, 0.29) is 24.8 Å². The summed E-state index contributed by atoms with van der Waals surface area (Å²) < 4.78 is 16.0. The van der Waals surface area contributed by atoms with Gasteiger partial charge in [0.05, 0.1) is 32.9 Å². The molecular formula is C21H23ClN2O5. The number of rotatable bonds is 6. The van der Waals surface area contributed by atoms with E-state index >= 15 is 0 Å². The monoisotopic (exact) mass is 418 g/mol. The maximum Gasteiger partial charge on any atom is 0.229 e. The van der Waals surface area contributed by atoms with Crippen LogP contribution in [0.4, 0.5) is 11.4 Å². The third-order valence-corrected chi connectivity index (χ3v) is 5.15. The fraction of sp³-hybridized carbons (Fsp3) is 0.333. The van der Waals surface area contributed by atoms with Crippen LogP contribution >= 0.6 is 11.6 Å². The van der Waals surface area contributed by atoms with Gasteiger partial charge in [0.15, 0.2) is 11.5 Å². The Morgan fingerprint density at radius 1 is 1.10 bits per heavy atom. The Bertz CT molecular complexity index is 922. The van der Waals surface area contributed by atoms with Gasteiger partial charge in [0, 0.05) is 35.8 Å². The van der Waals surface area contributed by atoms with Crippen LogP contribution in [0.1, 0.15) is 12.0 Å². The van der Waals surface area contributed by atoms with Gasteiger partial charge < -0.3 is 24.4 Å². The Balaban J connectivity index is 1.81. The average molecular weight is 419 g/mol. The minimum absolute atomic E-state index is 0.113. The van der Waals surface area contributed by atoms with Crippen LogP contribution < -0.4 is 24.4 Å². The number of hydrogen-bond donors (Lipinski definition) is 1. The molecule has 0 saturated carbocycles. The summed E-state index contributed by atoms with van der Waals surface area (Å²) in [6.45, 7) is 2.14. The topological polar surface area (TPSA) is 77.1 Å². The van der Waals surface area contributed by atoms with E-state index in [9.17, 15) is 9.59 Å². The molecule has 8 heteroatoms. The van der Waals surface area contributed by atoms with Gasteiger partial charge in [0.2, 0.25) is 17.6 Å². The standard InChI is InChI=1S/C21H23ClN2O5/c1-12-5-6-14(22)8-16(12)23-21(26)13-7-19(25)24(11-13)15-9-17(27-2)20(29-4)18(10-15)28-3/h5-6,8-10,13H,7,11H2,1-4H3,(H,23,26)/t13-/m0/s1. The van der Waals surface area contributed by atoms with Crippen LogP contribution in [0.15, 0.2) is 30.3 Å². The van der Waals surface area contributed by atoms with E-state index in [1.807, 2.05) is 13.0 Å². The lowest BCUT2D eigenvalue weighted by Crippen LogP contribution is -2.28. The van der Waals surface area contributed by atoms with E-state index in [1.165, 1.54) is 21.3 Å². The fourth-order valence-electron chi connectivity index (χ4n) is 3.32. The van der Waals surface area contributed by atoms with E-state index in [4.69, 9.17) is 25.8 Å². The molecule has 1 aliphatic heterocycles. The Morgan fingerprint density at radius 2 is 1.76 bits per heavy atom. The fourth-order valence-corrected chi connectivity index (χ4v) is 3.49. The van der Waals surface area contributed by atoms with Crippen molar-refractivity contribution in [1.82, 2.24) is 0 Å². The third kappa shape index (κ3) is 4.24. The molecule has 1 fully saturated rings. The van der Waals surface area contributed by atoms with Crippen molar-refractivity contribution >= 4 is 34.8 Å². The van der Waals surface area contributed by atoms with Crippen molar-refractivity contribution in [2.75, 3.05) is 38.1 Å². The molecule has 154 valence electrons. The molecular weight excluding hydrogens is 396 g/mol. The number of hydrogen-bond acceptors (Lipinski definition) is 5. The van der Waals surface area contributed by atoms with Gasteiger partial charge in [-0.25, -0.2) is 0 Å². The van der Waals surface area contributed by atoms with Crippen LogP contribution in [-0.4, -0.2) is 39.7 Å². The summed E-state index contributed by atoms with van der Waals surface area (Å²) in [5.74, 6) is 0.464. The molecule has 0 radical (unpaired) electrons. The summed E-state index contributed by atoms with van der Waals surface area (Å²) in [4.78, 5) is 26.9. The first-order chi connectivity index (χ1) is 13.9. The quantitative estimate of drug-likeness (QED) is 0.774. The van der Waals surface area contributed by atoms with Crippen molar-refractivity contribution in [3.05, 3.63) is 40.9 Å². The van der Waals surface area contributed by atoms with E-state index < -0.39 is 5.92 Å². The molecule has 0 aromatic heterocycles. The van der Waals surface area contributed by atoms with Crippen LogP contribution in [0.3, 0.4) is 0 Å². The molecule has 1 heterocycles. The van der Waals surface area contributed by atoms with Crippen LogP contribution in [-0.2, 0) is 9.59 Å². The van der Waals surface area contributed by atoms with Crippen molar-refractivity contribution < 1.29 is 23.8 Å². The third-order valence-electron chi connectivity index (χ3n) is 4.91. The molecule has 2 aromatic carbocycles. The van der Waals surface area contributed by atoms with Crippen molar-refractivity contribution in [2.45, 2.75) is 13.3 Å². The highest BCUT2D eigenvalue weighted by atomic mass is 35.5. The van der Waals surface area contributed by atoms with Gasteiger partial charge in [0.1, 0.15) is 0 Å². The molecule has 1 N–H and O–H groups in total. The van der Waals surface area contributed by atoms with Gasteiger partial charge in [-0.2, -0.15) is 0 Å². The van der Waals surface area contributed by atoms with Gasteiger partial charge in [0.25, 0.3) is 0 Å². The zero-order valence-electron chi connectivity index (χ0n) is 16.7. The lowest BCUT2D eigenvalue weighted by molar-refractivity contribution is -0.122. The molecule has 1 aliphatic rings. The molecule has 1 saturated heterocycles. The number of carbonyl (C=O) groups excluding carboxylic acids is 2. The highest BCUT2D eigenvalue weighted by molar-refractivity contribution is 6.31. The number of halogens is 1. The summed E-state index contributed by atoms with van der Waals surface area (Å²) in [6, 6.07) is 8.68. The van der Waals surface area contributed by atoms with Crippen molar-refractivity contribution in [3.63, 3.8) is 0 Å². The molecule has 1 atom stereocenters. The number of nitrogens with one attached hydrogen (secondary N) is 1. The number of benzene rings is 2. The molecule has 2 amide bonds. The minimum Gasteiger partial charge on any atom is -0.493 e. The SMILES string of the molecule is COc1cc(N2C[C@@H](C(=O)Nc3cc(Cl)ccc3C)CC2=O)cc(OC)c1OC. The van der Waals surface area contributed by atoms with Gasteiger partial charge in [-0.3, -0.25) is 9.59 Å². The van der Waals surface area contributed by atoms with Crippen molar-refractivity contribution in [1.29, 1.82) is 0 Å². The summed E-state index contributed by atoms with van der Waals surface area (Å²) in [5.41, 5.74) is 2.12. The van der Waals surface area contributed by atoms with Gasteiger partial charge in [-0.05, 0) is 24.6 Å². The second-order valence-corrected chi connectivity index (χ2v) is 7.17. The van der Waals surface area contributed by atoms with Crippen molar-refractivity contribution in [2.24, 2.45) is 5.92 Å². The summed E-state index contributed by atoms with van der Waals surface area (Å²) in [7, 11) is 4.53. The normalized spacial score (nSPS) is 16.0. The Labute approximate surface area is 174 Å². The lowest BCUT2D eigenvalue weighted by atomic mass is 10.1. The molecule has 7 nitrogen and oxygen atoms in total. The maximum absolute atomic E-state index is 12.7. The lowest BCUT2D eigenvalue weighted by Gasteiger charge is -2.20. The first kappa shape index (κ1) is 20.8. The highest BCUT2D eigenvalue weighted by Gasteiger charge is 2.36. The van der Waals surface area contributed by atoms with Crippen molar-refractivity contribution in [3.8, 4) is 17.2 Å². The largest absolute Gasteiger partial charge is 0.493 e. The van der Waals surface area contributed by atoms with Gasteiger partial charge in [-0.1, -0.05) is 17.7 Å². The van der Waals surface area contributed by atoms with Gasteiger partial charge >= 0.3 is 0 Å². The maximum atomic E-state index is 12.7. The molecule has 29 heavy (non-hydrogen) atoms. The van der Waals surface area contributed by atoms with E-state index in [0.29, 0.717) is 33.6 Å². The highest BCUT2D eigenvalue weighted by Crippen LogP contribution is 2.42. The number of ether oxygens (including phenoxy) is 3. The zero-order valence-corrected chi connectivity index (χ0v) is 17.5. The molecule has 0 unspecified atom stereocenters. The summed E-state index contributed by atoms with van der Waals surface area (Å²) in [5, 5.41) is 3.41. The average Bonchev–Trinajstić information content (AvgIpc) is 3.11. The number of aryl methyl sites for hydroxylation is 1. The van der Waals surface area contributed by atoms with Crippen LogP contribution in [0, 0.1) is 12.8 Å². The molecule has 2 aromatic rings. The number of anilines is 2. The smallest absolute Gasteiger partial charge is 0.229 e. The minimum atomic E-state index is -0.486. The number of amides is 2. The Hall–Kier alpha value is -2.93. The Kier molecular flexibility index (Phi) is 6.17. The van der Waals surface area contributed by atoms with Crippen LogP contribution in [0.5, 0.6) is 17.2 Å².